The molecule has 1 aromatic heterocycles. The Kier molecular flexibility index (Phi) is 3.08. The predicted molar refractivity (Wildman–Crippen MR) is 74.1 cm³/mol. The van der Waals surface area contributed by atoms with Crippen LogP contribution in [0, 0.1) is 0 Å². The van der Waals surface area contributed by atoms with Crippen molar-refractivity contribution < 1.29 is 9.90 Å². The number of nitrogens with two attached hydrogens (primary N) is 1. The van der Waals surface area contributed by atoms with Gasteiger partial charge in [-0.3, -0.25) is 4.79 Å². The van der Waals surface area contributed by atoms with Crippen LogP contribution in [0.1, 0.15) is 36.1 Å². The van der Waals surface area contributed by atoms with E-state index >= 15 is 0 Å². The van der Waals surface area contributed by atoms with E-state index in [1.54, 1.807) is 5.38 Å². The highest BCUT2D eigenvalue weighted by atomic mass is 32.1. The maximum absolute atomic E-state index is 10.8. The minimum atomic E-state index is -1.05. The average molecular weight is 274 g/mol. The number of aliphatic carboxylic acids is 1. The molecule has 0 amide bonds. The largest absolute Gasteiger partial charge is 0.480 e. The summed E-state index contributed by atoms with van der Waals surface area (Å²) < 4.78 is 0. The van der Waals surface area contributed by atoms with Crippen molar-refractivity contribution in [3.8, 4) is 10.6 Å². The van der Waals surface area contributed by atoms with Crippen LogP contribution in [0.2, 0.25) is 0 Å². The molecule has 1 heterocycles. The molecule has 1 fully saturated rings. The number of benzene rings is 1. The van der Waals surface area contributed by atoms with E-state index in [9.17, 15) is 4.79 Å². The van der Waals surface area contributed by atoms with Gasteiger partial charge in [0.25, 0.3) is 0 Å². The maximum Gasteiger partial charge on any atom is 0.326 e. The summed E-state index contributed by atoms with van der Waals surface area (Å²) in [6.07, 6.45) is 2.52. The molecular weight excluding hydrogens is 260 g/mol. The first-order chi connectivity index (χ1) is 9.15. The van der Waals surface area contributed by atoms with Gasteiger partial charge in [0.05, 0.1) is 5.69 Å². The first kappa shape index (κ1) is 12.3. The van der Waals surface area contributed by atoms with Crippen molar-refractivity contribution in [2.24, 2.45) is 5.73 Å². The number of hydrogen-bond acceptors (Lipinski definition) is 4. The number of nitrogens with zero attached hydrogens (tertiary/aromatic N) is 1. The van der Waals surface area contributed by atoms with Gasteiger partial charge in [0.15, 0.2) is 0 Å². The Morgan fingerprint density at radius 1 is 1.47 bits per heavy atom. The zero-order valence-corrected chi connectivity index (χ0v) is 11.1. The summed E-state index contributed by atoms with van der Waals surface area (Å²) in [5, 5.41) is 11.4. The van der Waals surface area contributed by atoms with Crippen LogP contribution in [0.15, 0.2) is 29.6 Å². The summed E-state index contributed by atoms with van der Waals surface area (Å²) in [4.78, 5) is 15.2. The lowest BCUT2D eigenvalue weighted by Gasteiger charge is -2.02. The van der Waals surface area contributed by atoms with Gasteiger partial charge in [-0.05, 0) is 30.4 Å². The molecule has 1 aliphatic rings. The third-order valence-corrected chi connectivity index (χ3v) is 4.20. The summed E-state index contributed by atoms with van der Waals surface area (Å²) in [5.41, 5.74) is 8.37. The van der Waals surface area contributed by atoms with E-state index in [1.165, 1.54) is 29.7 Å². The SMILES string of the molecule is NC(C(=O)O)c1csc(-c2cccc(C3CC3)c2)n1. The highest BCUT2D eigenvalue weighted by molar-refractivity contribution is 7.13. The molecule has 1 saturated carbocycles. The molecule has 1 aromatic carbocycles. The number of hydrogen-bond donors (Lipinski definition) is 2. The Morgan fingerprint density at radius 2 is 2.26 bits per heavy atom. The average Bonchev–Trinajstić information content (AvgIpc) is 3.15. The fourth-order valence-electron chi connectivity index (χ4n) is 2.03. The standard InChI is InChI=1S/C14H14N2O2S/c15-12(14(17)18)11-7-19-13(16-11)10-3-1-2-9(6-10)8-4-5-8/h1-3,6-8,12H,4-5,15H2,(H,17,18). The molecule has 0 saturated heterocycles. The minimum Gasteiger partial charge on any atom is -0.480 e. The second kappa shape index (κ2) is 4.75. The third kappa shape index (κ3) is 2.52. The normalized spacial score (nSPS) is 16.3. The summed E-state index contributed by atoms with van der Waals surface area (Å²) in [6.45, 7) is 0. The molecule has 98 valence electrons. The highest BCUT2D eigenvalue weighted by Gasteiger charge is 2.24. The Balaban J connectivity index is 1.89. The second-order valence-corrected chi connectivity index (χ2v) is 5.65. The lowest BCUT2D eigenvalue weighted by molar-refractivity contribution is -0.138. The molecule has 1 unspecified atom stereocenters. The van der Waals surface area contributed by atoms with Gasteiger partial charge in [-0.15, -0.1) is 11.3 Å². The first-order valence-corrected chi connectivity index (χ1v) is 7.07. The van der Waals surface area contributed by atoms with Crippen LogP contribution in [0.5, 0.6) is 0 Å². The van der Waals surface area contributed by atoms with E-state index in [2.05, 4.69) is 17.1 Å². The molecule has 0 radical (unpaired) electrons. The lowest BCUT2D eigenvalue weighted by atomic mass is 10.1. The van der Waals surface area contributed by atoms with Gasteiger partial charge in [0.1, 0.15) is 11.0 Å². The fraction of sp³-hybridized carbons (Fsp3) is 0.286. The molecule has 4 nitrogen and oxygen atoms in total. The summed E-state index contributed by atoms with van der Waals surface area (Å²) >= 11 is 1.43. The second-order valence-electron chi connectivity index (χ2n) is 4.79. The first-order valence-electron chi connectivity index (χ1n) is 6.19. The van der Waals surface area contributed by atoms with E-state index in [0.717, 1.165) is 10.6 Å². The number of thiazole rings is 1. The van der Waals surface area contributed by atoms with Crippen molar-refractivity contribution in [3.63, 3.8) is 0 Å². The van der Waals surface area contributed by atoms with Gasteiger partial charge < -0.3 is 10.8 Å². The zero-order valence-electron chi connectivity index (χ0n) is 10.2. The summed E-state index contributed by atoms with van der Waals surface area (Å²) in [6, 6.07) is 7.27. The number of carbonyl (C=O) groups is 1. The molecular formula is C14H14N2O2S. The van der Waals surface area contributed by atoms with Crippen LogP contribution >= 0.6 is 11.3 Å². The van der Waals surface area contributed by atoms with Gasteiger partial charge in [0.2, 0.25) is 0 Å². The van der Waals surface area contributed by atoms with Crippen LogP contribution in [0.25, 0.3) is 10.6 Å². The van der Waals surface area contributed by atoms with Gasteiger partial charge in [0, 0.05) is 10.9 Å². The Hall–Kier alpha value is -1.72. The van der Waals surface area contributed by atoms with Gasteiger partial charge in [-0.1, -0.05) is 18.2 Å². The van der Waals surface area contributed by atoms with Crippen molar-refractivity contribution in [3.05, 3.63) is 40.9 Å². The predicted octanol–water partition coefficient (Wildman–Crippen LogP) is 2.77. The molecule has 1 atom stereocenters. The molecule has 0 aliphatic heterocycles. The quantitative estimate of drug-likeness (QED) is 0.898. The van der Waals surface area contributed by atoms with Crippen molar-refractivity contribution in [2.75, 3.05) is 0 Å². The molecule has 3 rings (SSSR count). The van der Waals surface area contributed by atoms with E-state index < -0.39 is 12.0 Å². The summed E-state index contributed by atoms with van der Waals surface area (Å²) in [5.74, 6) is -0.357. The Labute approximate surface area is 114 Å². The van der Waals surface area contributed by atoms with Crippen LogP contribution in [-0.2, 0) is 4.79 Å². The van der Waals surface area contributed by atoms with Crippen LogP contribution in [0.4, 0.5) is 0 Å². The van der Waals surface area contributed by atoms with E-state index in [4.69, 9.17) is 10.8 Å². The topological polar surface area (TPSA) is 76.2 Å². The Bertz CT molecular complexity index is 619. The van der Waals surface area contributed by atoms with E-state index in [1.807, 2.05) is 12.1 Å². The molecule has 19 heavy (non-hydrogen) atoms. The molecule has 3 N–H and O–H groups in total. The molecule has 0 spiro atoms. The number of rotatable bonds is 4. The molecule has 1 aliphatic carbocycles. The molecule has 5 heteroatoms. The fourth-order valence-corrected chi connectivity index (χ4v) is 2.88. The Morgan fingerprint density at radius 3 is 2.95 bits per heavy atom. The maximum atomic E-state index is 10.8. The van der Waals surface area contributed by atoms with Crippen LogP contribution in [0.3, 0.4) is 0 Å². The third-order valence-electron chi connectivity index (χ3n) is 3.29. The van der Waals surface area contributed by atoms with Gasteiger partial charge >= 0.3 is 5.97 Å². The number of carboxylic acids is 1. The van der Waals surface area contributed by atoms with E-state index in [0.29, 0.717) is 11.6 Å². The monoisotopic (exact) mass is 274 g/mol. The van der Waals surface area contributed by atoms with Crippen molar-refractivity contribution in [1.29, 1.82) is 0 Å². The van der Waals surface area contributed by atoms with E-state index in [-0.39, 0.29) is 0 Å². The van der Waals surface area contributed by atoms with Crippen LogP contribution < -0.4 is 5.73 Å². The van der Waals surface area contributed by atoms with Crippen LogP contribution in [-0.4, -0.2) is 16.1 Å². The summed E-state index contributed by atoms with van der Waals surface area (Å²) in [7, 11) is 0. The zero-order chi connectivity index (χ0) is 13.4. The highest BCUT2D eigenvalue weighted by Crippen LogP contribution is 2.41. The molecule has 2 aromatic rings. The van der Waals surface area contributed by atoms with Gasteiger partial charge in [-0.25, -0.2) is 4.98 Å². The lowest BCUT2D eigenvalue weighted by Crippen LogP contribution is -2.20. The molecule has 0 bridgehead atoms. The number of carboxylic acid groups (broad SMARTS) is 1. The number of aromatic nitrogens is 1. The van der Waals surface area contributed by atoms with Crippen molar-refractivity contribution in [2.45, 2.75) is 24.8 Å². The van der Waals surface area contributed by atoms with Gasteiger partial charge in [-0.2, -0.15) is 0 Å². The van der Waals surface area contributed by atoms with Crippen molar-refractivity contribution >= 4 is 17.3 Å². The smallest absolute Gasteiger partial charge is 0.326 e. The van der Waals surface area contributed by atoms with Crippen molar-refractivity contribution in [1.82, 2.24) is 4.98 Å². The minimum absolute atomic E-state index is 0.421.